The lowest BCUT2D eigenvalue weighted by Crippen LogP contribution is -2.09. The third kappa shape index (κ3) is 4.01. The zero-order valence-corrected chi connectivity index (χ0v) is 13.4. The minimum Gasteiger partial charge on any atom is -0.497 e. The van der Waals surface area contributed by atoms with Gasteiger partial charge in [-0.05, 0) is 52.7 Å². The molecular weight excluding hydrogens is 324 g/mol. The molecule has 0 unspecified atom stereocenters. The monoisotopic (exact) mass is 339 g/mol. The van der Waals surface area contributed by atoms with Crippen molar-refractivity contribution in [1.29, 1.82) is 0 Å². The van der Waals surface area contributed by atoms with Gasteiger partial charge in [0.2, 0.25) is 5.91 Å². The van der Waals surface area contributed by atoms with Gasteiger partial charge in [-0.1, -0.05) is 18.2 Å². The Hall–Kier alpha value is -3.21. The predicted octanol–water partition coefficient (Wildman–Crippen LogP) is 4.78. The third-order valence-electron chi connectivity index (χ3n) is 3.68. The van der Waals surface area contributed by atoms with Gasteiger partial charge in [0.05, 0.1) is 12.8 Å². The Kier molecular flexibility index (Phi) is 4.75. The molecule has 3 nitrogen and oxygen atoms in total. The summed E-state index contributed by atoms with van der Waals surface area (Å²) in [4.78, 5) is 11.9. The molecule has 0 aromatic heterocycles. The molecule has 0 fully saturated rings. The van der Waals surface area contributed by atoms with Crippen LogP contribution in [0.2, 0.25) is 0 Å². The number of benzene rings is 3. The van der Waals surface area contributed by atoms with Crippen molar-refractivity contribution in [3.63, 3.8) is 0 Å². The number of anilines is 1. The first-order chi connectivity index (χ1) is 12.0. The number of hydrogen-bond acceptors (Lipinski definition) is 2. The minimum absolute atomic E-state index is 0.194. The molecule has 0 radical (unpaired) electrons. The SMILES string of the molecule is COc1ccc2cc(/C=C/C(=O)Nc3cc(F)ccc3F)ccc2c1. The fraction of sp³-hybridized carbons (Fsp3) is 0.0500. The first-order valence-corrected chi connectivity index (χ1v) is 7.57. The molecule has 3 aromatic carbocycles. The zero-order chi connectivity index (χ0) is 17.8. The quantitative estimate of drug-likeness (QED) is 0.695. The first-order valence-electron chi connectivity index (χ1n) is 7.57. The fourth-order valence-electron chi connectivity index (χ4n) is 2.41. The number of ether oxygens (including phenoxy) is 1. The van der Waals surface area contributed by atoms with Crippen LogP contribution in [0.15, 0.2) is 60.7 Å². The second kappa shape index (κ2) is 7.13. The summed E-state index contributed by atoms with van der Waals surface area (Å²) in [5.74, 6) is -1.08. The molecule has 0 aliphatic heterocycles. The maximum absolute atomic E-state index is 13.5. The summed E-state index contributed by atoms with van der Waals surface area (Å²) < 4.78 is 31.8. The van der Waals surface area contributed by atoms with Crippen LogP contribution in [0, 0.1) is 11.6 Å². The topological polar surface area (TPSA) is 38.3 Å². The number of fused-ring (bicyclic) bond motifs is 1. The molecule has 0 bridgehead atoms. The Morgan fingerprint density at radius 2 is 1.76 bits per heavy atom. The van der Waals surface area contributed by atoms with E-state index in [0.29, 0.717) is 0 Å². The van der Waals surface area contributed by atoms with E-state index in [0.717, 1.165) is 40.3 Å². The molecule has 0 saturated heterocycles. The number of amides is 1. The second-order valence-corrected chi connectivity index (χ2v) is 5.42. The van der Waals surface area contributed by atoms with E-state index in [9.17, 15) is 13.6 Å². The van der Waals surface area contributed by atoms with E-state index in [1.54, 1.807) is 13.2 Å². The van der Waals surface area contributed by atoms with Crippen molar-refractivity contribution in [1.82, 2.24) is 0 Å². The number of methoxy groups -OCH3 is 1. The lowest BCUT2D eigenvalue weighted by molar-refractivity contribution is -0.111. The smallest absolute Gasteiger partial charge is 0.248 e. The molecule has 1 N–H and O–H groups in total. The van der Waals surface area contributed by atoms with Crippen molar-refractivity contribution in [3.05, 3.63) is 77.9 Å². The number of rotatable bonds is 4. The molecule has 1 amide bonds. The Balaban J connectivity index is 1.75. The van der Waals surface area contributed by atoms with E-state index in [2.05, 4.69) is 5.32 Å². The van der Waals surface area contributed by atoms with E-state index >= 15 is 0 Å². The van der Waals surface area contributed by atoms with Gasteiger partial charge in [-0.15, -0.1) is 0 Å². The number of carbonyl (C=O) groups is 1. The van der Waals surface area contributed by atoms with Crippen molar-refractivity contribution >= 4 is 28.4 Å². The van der Waals surface area contributed by atoms with Crippen molar-refractivity contribution in [3.8, 4) is 5.75 Å². The van der Waals surface area contributed by atoms with E-state index < -0.39 is 17.5 Å². The van der Waals surface area contributed by atoms with E-state index in [4.69, 9.17) is 4.74 Å². The van der Waals surface area contributed by atoms with Crippen LogP contribution in [-0.2, 0) is 4.79 Å². The van der Waals surface area contributed by atoms with Crippen LogP contribution in [-0.4, -0.2) is 13.0 Å². The molecule has 0 spiro atoms. The number of halogens is 2. The highest BCUT2D eigenvalue weighted by Gasteiger charge is 2.06. The van der Waals surface area contributed by atoms with Crippen LogP contribution >= 0.6 is 0 Å². The van der Waals surface area contributed by atoms with Crippen LogP contribution in [0.4, 0.5) is 14.5 Å². The van der Waals surface area contributed by atoms with Crippen LogP contribution in [0.5, 0.6) is 5.75 Å². The van der Waals surface area contributed by atoms with Gasteiger partial charge in [0.25, 0.3) is 0 Å². The average Bonchev–Trinajstić information content (AvgIpc) is 2.62. The maximum Gasteiger partial charge on any atom is 0.248 e. The lowest BCUT2D eigenvalue weighted by atomic mass is 10.1. The Labute approximate surface area is 143 Å². The molecule has 0 heterocycles. The summed E-state index contributed by atoms with van der Waals surface area (Å²) in [6.07, 6.45) is 2.88. The van der Waals surface area contributed by atoms with Crippen LogP contribution in [0.1, 0.15) is 5.56 Å². The second-order valence-electron chi connectivity index (χ2n) is 5.42. The summed E-state index contributed by atoms with van der Waals surface area (Å²) >= 11 is 0. The Morgan fingerprint density at radius 3 is 2.56 bits per heavy atom. The van der Waals surface area contributed by atoms with Crippen molar-refractivity contribution < 1.29 is 18.3 Å². The Morgan fingerprint density at radius 1 is 1.00 bits per heavy atom. The molecule has 0 aliphatic carbocycles. The van der Waals surface area contributed by atoms with Crippen molar-refractivity contribution in [2.24, 2.45) is 0 Å². The molecular formula is C20H15F2NO2. The van der Waals surface area contributed by atoms with Crippen molar-refractivity contribution in [2.75, 3.05) is 12.4 Å². The van der Waals surface area contributed by atoms with Gasteiger partial charge in [-0.25, -0.2) is 8.78 Å². The number of hydrogen-bond donors (Lipinski definition) is 1. The fourth-order valence-corrected chi connectivity index (χ4v) is 2.41. The Bertz CT molecular complexity index is 967. The van der Waals surface area contributed by atoms with Crippen molar-refractivity contribution in [2.45, 2.75) is 0 Å². The third-order valence-corrected chi connectivity index (χ3v) is 3.68. The first kappa shape index (κ1) is 16.6. The molecule has 5 heteroatoms. The minimum atomic E-state index is -0.692. The molecule has 25 heavy (non-hydrogen) atoms. The number of carbonyl (C=O) groups excluding carboxylic acids is 1. The van der Waals surface area contributed by atoms with Gasteiger partial charge in [0, 0.05) is 12.1 Å². The molecule has 3 aromatic rings. The van der Waals surface area contributed by atoms with E-state index in [1.165, 1.54) is 6.08 Å². The normalized spacial score (nSPS) is 11.0. The van der Waals surface area contributed by atoms with Crippen LogP contribution in [0.25, 0.3) is 16.8 Å². The molecule has 0 saturated carbocycles. The highest BCUT2D eigenvalue weighted by molar-refractivity contribution is 6.02. The van der Waals surface area contributed by atoms with Gasteiger partial charge >= 0.3 is 0 Å². The van der Waals surface area contributed by atoms with Crippen LogP contribution in [0.3, 0.4) is 0 Å². The van der Waals surface area contributed by atoms with Gasteiger partial charge < -0.3 is 10.1 Å². The summed E-state index contributed by atoms with van der Waals surface area (Å²) in [6, 6.07) is 14.3. The average molecular weight is 339 g/mol. The van der Waals surface area contributed by atoms with Gasteiger partial charge in [-0.2, -0.15) is 0 Å². The summed E-state index contributed by atoms with van der Waals surface area (Å²) in [7, 11) is 1.61. The highest BCUT2D eigenvalue weighted by atomic mass is 19.1. The molecule has 0 atom stereocenters. The predicted molar refractivity (Wildman–Crippen MR) is 94.5 cm³/mol. The summed E-state index contributed by atoms with van der Waals surface area (Å²) in [5, 5.41) is 4.33. The standard InChI is InChI=1S/C20H15F2NO2/c1-25-17-7-5-14-10-13(2-4-15(14)11-17)3-9-20(24)23-19-12-16(21)6-8-18(19)22/h2-12H,1H3,(H,23,24)/b9-3+. The number of nitrogens with one attached hydrogen (secondary N) is 1. The maximum atomic E-state index is 13.5. The van der Waals surface area contributed by atoms with Gasteiger partial charge in [-0.3, -0.25) is 4.79 Å². The highest BCUT2D eigenvalue weighted by Crippen LogP contribution is 2.22. The molecule has 126 valence electrons. The van der Waals surface area contributed by atoms with Gasteiger partial charge in [0.15, 0.2) is 0 Å². The molecule has 3 rings (SSSR count). The largest absolute Gasteiger partial charge is 0.497 e. The molecule has 0 aliphatic rings. The van der Waals surface area contributed by atoms with Crippen LogP contribution < -0.4 is 10.1 Å². The zero-order valence-electron chi connectivity index (χ0n) is 13.4. The van der Waals surface area contributed by atoms with E-state index in [-0.39, 0.29) is 5.69 Å². The van der Waals surface area contributed by atoms with Gasteiger partial charge in [0.1, 0.15) is 17.4 Å². The van der Waals surface area contributed by atoms with E-state index in [1.807, 2.05) is 36.4 Å². The summed E-state index contributed by atoms with van der Waals surface area (Å²) in [5.41, 5.74) is 0.618. The summed E-state index contributed by atoms with van der Waals surface area (Å²) in [6.45, 7) is 0. The lowest BCUT2D eigenvalue weighted by Gasteiger charge is -2.04.